The van der Waals surface area contributed by atoms with Gasteiger partial charge in [0.2, 0.25) is 0 Å². The fourth-order valence-electron chi connectivity index (χ4n) is 3.37. The smallest absolute Gasteiger partial charge is 0.167 e. The van der Waals surface area contributed by atoms with Crippen molar-refractivity contribution in [2.45, 2.75) is 25.3 Å². The Bertz CT molecular complexity index is 641. The summed E-state index contributed by atoms with van der Waals surface area (Å²) in [5.41, 5.74) is 4.01. The predicted molar refractivity (Wildman–Crippen MR) is 97.0 cm³/mol. The maximum Gasteiger partial charge on any atom is 0.167 e. The van der Waals surface area contributed by atoms with Gasteiger partial charge in [0.05, 0.1) is 6.20 Å². The highest BCUT2D eigenvalue weighted by Crippen LogP contribution is 2.33. The van der Waals surface area contributed by atoms with Crippen LogP contribution in [0.25, 0.3) is 11.3 Å². The highest BCUT2D eigenvalue weighted by molar-refractivity contribution is 5.85. The van der Waals surface area contributed by atoms with Crippen LogP contribution in [0.3, 0.4) is 0 Å². The molecule has 0 aliphatic heterocycles. The zero-order valence-electron chi connectivity index (χ0n) is 13.3. The van der Waals surface area contributed by atoms with Gasteiger partial charge in [-0.1, -0.05) is 35.5 Å². The van der Waals surface area contributed by atoms with Crippen LogP contribution >= 0.6 is 12.4 Å². The molecule has 1 aliphatic rings. The molecule has 0 saturated heterocycles. The van der Waals surface area contributed by atoms with E-state index in [4.69, 9.17) is 4.52 Å². The van der Waals surface area contributed by atoms with E-state index in [9.17, 15) is 0 Å². The average molecular weight is 331 g/mol. The summed E-state index contributed by atoms with van der Waals surface area (Å²) in [4.78, 5) is 2.44. The predicted octanol–water partition coefficient (Wildman–Crippen LogP) is 4.29. The molecule has 23 heavy (non-hydrogen) atoms. The van der Waals surface area contributed by atoms with Gasteiger partial charge in [-0.15, -0.1) is 25.6 Å². The van der Waals surface area contributed by atoms with Crippen LogP contribution in [0.1, 0.15) is 17.5 Å². The Kier molecular flexibility index (Phi) is 6.20. The Hall–Kier alpha value is -1.84. The Labute approximate surface area is 144 Å². The Balaban J connectivity index is 0.00000192. The number of aryl methyl sites for hydroxylation is 1. The quantitative estimate of drug-likeness (QED) is 0.740. The summed E-state index contributed by atoms with van der Waals surface area (Å²) < 4.78 is 5.38. The van der Waals surface area contributed by atoms with Gasteiger partial charge < -0.3 is 4.52 Å². The van der Waals surface area contributed by atoms with Gasteiger partial charge in [0.25, 0.3) is 0 Å². The monoisotopic (exact) mass is 330 g/mol. The van der Waals surface area contributed by atoms with Crippen molar-refractivity contribution in [1.82, 2.24) is 10.1 Å². The van der Waals surface area contributed by atoms with E-state index in [-0.39, 0.29) is 12.4 Å². The molecule has 0 spiro atoms. The molecule has 1 atom stereocenters. The molecule has 1 aliphatic carbocycles. The molecule has 1 heterocycles. The van der Waals surface area contributed by atoms with E-state index in [0.717, 1.165) is 31.7 Å². The number of aromatic nitrogens is 1. The fraction of sp³-hybridized carbons (Fsp3) is 0.316. The highest BCUT2D eigenvalue weighted by Gasteiger charge is 2.25. The Morgan fingerprint density at radius 1 is 1.22 bits per heavy atom. The number of hydrogen-bond donors (Lipinski definition) is 0. The van der Waals surface area contributed by atoms with Crippen molar-refractivity contribution in [3.05, 3.63) is 66.9 Å². The molecule has 0 radical (unpaired) electrons. The number of halogens is 1. The highest BCUT2D eigenvalue weighted by atomic mass is 35.5. The molecule has 3 rings (SSSR count). The van der Waals surface area contributed by atoms with Gasteiger partial charge >= 0.3 is 0 Å². The van der Waals surface area contributed by atoms with Crippen LogP contribution in [0.4, 0.5) is 0 Å². The first-order chi connectivity index (χ1) is 10.8. The molecule has 3 nitrogen and oxygen atoms in total. The van der Waals surface area contributed by atoms with E-state index in [0.29, 0.717) is 6.04 Å². The van der Waals surface area contributed by atoms with Crippen molar-refractivity contribution < 1.29 is 4.52 Å². The van der Waals surface area contributed by atoms with Crippen LogP contribution in [0, 0.1) is 0 Å². The Morgan fingerprint density at radius 3 is 2.65 bits per heavy atom. The lowest BCUT2D eigenvalue weighted by Crippen LogP contribution is -2.39. The van der Waals surface area contributed by atoms with Gasteiger partial charge in [-0.3, -0.25) is 4.90 Å². The van der Waals surface area contributed by atoms with Gasteiger partial charge in [-0.2, -0.15) is 0 Å². The summed E-state index contributed by atoms with van der Waals surface area (Å²) in [6.07, 6.45) is 8.97. The van der Waals surface area contributed by atoms with Crippen molar-refractivity contribution in [2.24, 2.45) is 0 Å². The summed E-state index contributed by atoms with van der Waals surface area (Å²) in [6.45, 7) is 9.56. The van der Waals surface area contributed by atoms with Crippen molar-refractivity contribution >= 4 is 12.4 Å². The zero-order valence-corrected chi connectivity index (χ0v) is 14.1. The maximum atomic E-state index is 5.38. The van der Waals surface area contributed by atoms with Crippen LogP contribution in [-0.2, 0) is 12.8 Å². The second-order valence-corrected chi connectivity index (χ2v) is 5.75. The summed E-state index contributed by atoms with van der Waals surface area (Å²) in [6, 6.07) is 8.93. The number of nitrogens with zero attached hydrogens (tertiary/aromatic N) is 2. The molecule has 1 unspecified atom stereocenters. The summed E-state index contributed by atoms with van der Waals surface area (Å²) >= 11 is 0. The van der Waals surface area contributed by atoms with Crippen molar-refractivity contribution in [2.75, 3.05) is 13.1 Å². The molecule has 4 heteroatoms. The van der Waals surface area contributed by atoms with Gasteiger partial charge in [0.1, 0.15) is 0 Å². The first-order valence-corrected chi connectivity index (χ1v) is 7.81. The molecule has 1 aromatic carbocycles. The zero-order chi connectivity index (χ0) is 15.4. The van der Waals surface area contributed by atoms with Crippen LogP contribution in [0.15, 0.2) is 60.3 Å². The minimum Gasteiger partial charge on any atom is -0.356 e. The van der Waals surface area contributed by atoms with Crippen molar-refractivity contribution in [3.8, 4) is 11.3 Å². The summed E-state index contributed by atoms with van der Waals surface area (Å²) in [5.74, 6) is 0.858. The van der Waals surface area contributed by atoms with Gasteiger partial charge in [-0.05, 0) is 30.4 Å². The second kappa shape index (κ2) is 8.14. The van der Waals surface area contributed by atoms with Crippen molar-refractivity contribution in [3.63, 3.8) is 0 Å². The van der Waals surface area contributed by atoms with Crippen molar-refractivity contribution in [1.29, 1.82) is 0 Å². The van der Waals surface area contributed by atoms with E-state index < -0.39 is 0 Å². The topological polar surface area (TPSA) is 29.3 Å². The SMILES string of the molecule is C=CCN(CC=C)C1CCc2cccc(-c3ccno3)c2C1.Cl. The molecule has 0 amide bonds. The first kappa shape index (κ1) is 17.5. The molecular formula is C19H23ClN2O. The van der Waals surface area contributed by atoms with Gasteiger partial charge in [0, 0.05) is 30.8 Å². The molecular weight excluding hydrogens is 308 g/mol. The van der Waals surface area contributed by atoms with Crippen LogP contribution in [-0.4, -0.2) is 29.2 Å². The summed E-state index contributed by atoms with van der Waals surface area (Å²) in [7, 11) is 0. The number of hydrogen-bond acceptors (Lipinski definition) is 3. The van der Waals surface area contributed by atoms with Crippen LogP contribution < -0.4 is 0 Å². The molecule has 0 bridgehead atoms. The second-order valence-electron chi connectivity index (χ2n) is 5.75. The molecule has 122 valence electrons. The van der Waals surface area contributed by atoms with Crippen LogP contribution in [0.5, 0.6) is 0 Å². The lowest BCUT2D eigenvalue weighted by Gasteiger charge is -2.34. The van der Waals surface area contributed by atoms with E-state index in [1.807, 2.05) is 18.2 Å². The third-order valence-corrected chi connectivity index (χ3v) is 4.41. The molecule has 0 saturated carbocycles. The summed E-state index contributed by atoms with van der Waals surface area (Å²) in [5, 5.41) is 3.85. The molecule has 2 aromatic rings. The average Bonchev–Trinajstić information content (AvgIpc) is 3.08. The van der Waals surface area contributed by atoms with E-state index in [1.165, 1.54) is 23.1 Å². The minimum atomic E-state index is 0. The normalized spacial score (nSPS) is 16.5. The van der Waals surface area contributed by atoms with Gasteiger partial charge in [0.15, 0.2) is 5.76 Å². The number of rotatable bonds is 6. The maximum absolute atomic E-state index is 5.38. The minimum absolute atomic E-state index is 0. The lowest BCUT2D eigenvalue weighted by molar-refractivity contribution is 0.220. The number of benzene rings is 1. The van der Waals surface area contributed by atoms with E-state index >= 15 is 0 Å². The largest absolute Gasteiger partial charge is 0.356 e. The third-order valence-electron chi connectivity index (χ3n) is 4.41. The fourth-order valence-corrected chi connectivity index (χ4v) is 3.37. The molecule has 1 aromatic heterocycles. The number of fused-ring (bicyclic) bond motifs is 1. The van der Waals surface area contributed by atoms with Gasteiger partial charge in [-0.25, -0.2) is 0 Å². The molecule has 0 N–H and O–H groups in total. The van der Waals surface area contributed by atoms with E-state index in [2.05, 4.69) is 41.4 Å². The third kappa shape index (κ3) is 3.74. The lowest BCUT2D eigenvalue weighted by atomic mass is 9.84. The first-order valence-electron chi connectivity index (χ1n) is 7.81. The van der Waals surface area contributed by atoms with Crippen LogP contribution in [0.2, 0.25) is 0 Å². The molecule has 0 fully saturated rings. The Morgan fingerprint density at radius 2 is 2.00 bits per heavy atom. The van der Waals surface area contributed by atoms with E-state index in [1.54, 1.807) is 6.20 Å². The standard InChI is InChI=1S/C19H22N2O.ClH/c1-3-12-21(13-4-2)16-9-8-15-6-5-7-17(18(15)14-16)19-10-11-20-22-19;/h3-7,10-11,16H,1-2,8-9,12-14H2;1H.